The lowest BCUT2D eigenvalue weighted by Gasteiger charge is -2.06. The Morgan fingerprint density at radius 2 is 2.00 bits per heavy atom. The molecular weight excluding hydrogens is 407 g/mol. The van der Waals surface area contributed by atoms with Crippen molar-refractivity contribution >= 4 is 17.5 Å². The van der Waals surface area contributed by atoms with Crippen molar-refractivity contribution in [2.45, 2.75) is 32.5 Å². The van der Waals surface area contributed by atoms with Crippen molar-refractivity contribution in [1.29, 1.82) is 0 Å². The smallest absolute Gasteiger partial charge is 0.475 e. The van der Waals surface area contributed by atoms with Gasteiger partial charge in [-0.2, -0.15) is 13.2 Å². The van der Waals surface area contributed by atoms with Crippen LogP contribution in [-0.4, -0.2) is 42.5 Å². The van der Waals surface area contributed by atoms with Crippen LogP contribution in [0.1, 0.15) is 24.1 Å². The first-order valence-corrected chi connectivity index (χ1v) is 8.67. The van der Waals surface area contributed by atoms with Gasteiger partial charge in [0.1, 0.15) is 11.5 Å². The number of hydrogen-bond acceptors (Lipinski definition) is 5. The predicted octanol–water partition coefficient (Wildman–Crippen LogP) is 1.47. The van der Waals surface area contributed by atoms with Gasteiger partial charge >= 0.3 is 12.1 Å². The normalized spacial score (nSPS) is 10.9. The fourth-order valence-corrected chi connectivity index (χ4v) is 2.35. The molecule has 0 saturated carbocycles. The number of halogens is 3. The van der Waals surface area contributed by atoms with E-state index in [0.717, 1.165) is 11.3 Å². The Labute approximate surface area is 167 Å². The van der Waals surface area contributed by atoms with E-state index in [1.54, 1.807) is 6.20 Å². The number of carbonyl (C=O) groups excluding carboxylic acids is 1. The number of imidazole rings is 1. The van der Waals surface area contributed by atoms with Crippen molar-refractivity contribution in [3.05, 3.63) is 64.2 Å². The van der Waals surface area contributed by atoms with Crippen molar-refractivity contribution in [3.8, 4) is 0 Å². The first kappa shape index (κ1) is 22.6. The standard InChI is InChI=1S/C16H17N5O2.C2HF3O2/c1-2-13-19-11(7-16(23)20-13)9-18-15(22)8-12-10-17-14-5-3-4-6-21(12)14;3-2(4,5)1(6)7/h3-7,10H,2,8-9H2,1H3,(H,18,22)(H,19,20,23);(H,6,7). The summed E-state index contributed by atoms with van der Waals surface area (Å²) < 4.78 is 33.6. The highest BCUT2D eigenvalue weighted by atomic mass is 19.4. The molecule has 0 atom stereocenters. The van der Waals surface area contributed by atoms with Crippen LogP contribution in [0.15, 0.2) is 41.5 Å². The number of fused-ring (bicyclic) bond motifs is 1. The molecule has 0 saturated heterocycles. The summed E-state index contributed by atoms with van der Waals surface area (Å²) in [5, 5.41) is 9.91. The Hall–Kier alpha value is -3.70. The average Bonchev–Trinajstić information content (AvgIpc) is 3.08. The number of aliphatic carboxylic acids is 1. The Kier molecular flexibility index (Phi) is 7.28. The summed E-state index contributed by atoms with van der Waals surface area (Å²) in [6, 6.07) is 7.07. The van der Waals surface area contributed by atoms with E-state index in [4.69, 9.17) is 9.90 Å². The minimum atomic E-state index is -5.08. The summed E-state index contributed by atoms with van der Waals surface area (Å²) in [6.07, 6.45) is -0.666. The number of hydrogen-bond donors (Lipinski definition) is 3. The van der Waals surface area contributed by atoms with Crippen LogP contribution in [0.25, 0.3) is 5.65 Å². The number of alkyl halides is 3. The molecule has 0 radical (unpaired) electrons. The van der Waals surface area contributed by atoms with Gasteiger partial charge in [0.05, 0.1) is 24.4 Å². The van der Waals surface area contributed by atoms with E-state index in [-0.39, 0.29) is 24.4 Å². The molecule has 0 bridgehead atoms. The highest BCUT2D eigenvalue weighted by molar-refractivity contribution is 5.78. The predicted molar refractivity (Wildman–Crippen MR) is 98.7 cm³/mol. The number of pyridine rings is 1. The molecule has 0 unspecified atom stereocenters. The molecule has 3 aromatic heterocycles. The Morgan fingerprint density at radius 1 is 1.30 bits per heavy atom. The molecule has 3 rings (SSSR count). The van der Waals surface area contributed by atoms with Crippen LogP contribution in [0.3, 0.4) is 0 Å². The molecule has 3 aromatic rings. The third kappa shape index (κ3) is 6.43. The second-order valence-electron chi connectivity index (χ2n) is 5.97. The van der Waals surface area contributed by atoms with Crippen molar-refractivity contribution in [2.24, 2.45) is 0 Å². The second kappa shape index (κ2) is 9.67. The number of aromatic amines is 1. The monoisotopic (exact) mass is 425 g/mol. The van der Waals surface area contributed by atoms with Gasteiger partial charge in [0, 0.05) is 24.9 Å². The van der Waals surface area contributed by atoms with Crippen molar-refractivity contribution in [3.63, 3.8) is 0 Å². The molecule has 0 spiro atoms. The quantitative estimate of drug-likeness (QED) is 0.568. The number of nitrogens with zero attached hydrogens (tertiary/aromatic N) is 3. The van der Waals surface area contributed by atoms with Gasteiger partial charge in [-0.25, -0.2) is 14.8 Å². The minimum absolute atomic E-state index is 0.143. The van der Waals surface area contributed by atoms with Gasteiger partial charge in [0.15, 0.2) is 0 Å². The Morgan fingerprint density at radius 3 is 2.63 bits per heavy atom. The van der Waals surface area contributed by atoms with Gasteiger partial charge in [-0.1, -0.05) is 13.0 Å². The van der Waals surface area contributed by atoms with Crippen molar-refractivity contribution in [2.75, 3.05) is 0 Å². The molecule has 3 heterocycles. The van der Waals surface area contributed by atoms with Gasteiger partial charge in [0.2, 0.25) is 5.91 Å². The van der Waals surface area contributed by atoms with Crippen LogP contribution in [0.4, 0.5) is 13.2 Å². The van der Waals surface area contributed by atoms with Gasteiger partial charge in [-0.3, -0.25) is 9.59 Å². The van der Waals surface area contributed by atoms with Crippen molar-refractivity contribution < 1.29 is 27.9 Å². The largest absolute Gasteiger partial charge is 0.490 e. The number of amides is 1. The Bertz CT molecular complexity index is 1090. The molecule has 3 N–H and O–H groups in total. The van der Waals surface area contributed by atoms with Gasteiger partial charge in [-0.15, -0.1) is 0 Å². The third-order valence-electron chi connectivity index (χ3n) is 3.72. The fourth-order valence-electron chi connectivity index (χ4n) is 2.35. The molecule has 12 heteroatoms. The van der Waals surface area contributed by atoms with Crippen LogP contribution in [-0.2, 0) is 29.0 Å². The van der Waals surface area contributed by atoms with E-state index in [1.165, 1.54) is 6.07 Å². The summed E-state index contributed by atoms with van der Waals surface area (Å²) in [4.78, 5) is 43.7. The van der Waals surface area contributed by atoms with E-state index >= 15 is 0 Å². The highest BCUT2D eigenvalue weighted by Crippen LogP contribution is 2.13. The molecule has 9 nitrogen and oxygen atoms in total. The van der Waals surface area contributed by atoms with Crippen LogP contribution < -0.4 is 10.9 Å². The van der Waals surface area contributed by atoms with Crippen molar-refractivity contribution in [1.82, 2.24) is 24.7 Å². The lowest BCUT2D eigenvalue weighted by Crippen LogP contribution is -2.26. The first-order chi connectivity index (χ1) is 14.1. The lowest BCUT2D eigenvalue weighted by atomic mass is 10.3. The van der Waals surface area contributed by atoms with E-state index < -0.39 is 12.1 Å². The highest BCUT2D eigenvalue weighted by Gasteiger charge is 2.38. The summed E-state index contributed by atoms with van der Waals surface area (Å²) in [5.41, 5.74) is 1.96. The fraction of sp³-hybridized carbons (Fsp3) is 0.278. The zero-order valence-electron chi connectivity index (χ0n) is 15.7. The average molecular weight is 425 g/mol. The zero-order valence-corrected chi connectivity index (χ0v) is 15.7. The van der Waals surface area contributed by atoms with Crippen LogP contribution in [0, 0.1) is 0 Å². The number of nitrogens with one attached hydrogen (secondary N) is 2. The number of carboxylic acids is 1. The SMILES string of the molecule is CCc1nc(CNC(=O)Cc2cnc3ccccn23)cc(=O)[nH]1.O=C(O)C(F)(F)F. The molecule has 0 aliphatic carbocycles. The van der Waals surface area contributed by atoms with E-state index in [9.17, 15) is 22.8 Å². The zero-order chi connectivity index (χ0) is 22.3. The van der Waals surface area contributed by atoms with E-state index in [2.05, 4.69) is 20.3 Å². The van der Waals surface area contributed by atoms with Crippen LogP contribution in [0.5, 0.6) is 0 Å². The lowest BCUT2D eigenvalue weighted by molar-refractivity contribution is -0.192. The Balaban J connectivity index is 0.000000396. The third-order valence-corrected chi connectivity index (χ3v) is 3.72. The summed E-state index contributed by atoms with van der Waals surface area (Å²) in [7, 11) is 0. The van der Waals surface area contributed by atoms with E-state index in [1.807, 2.05) is 35.7 Å². The van der Waals surface area contributed by atoms with Crippen LogP contribution in [0.2, 0.25) is 0 Å². The molecule has 0 fully saturated rings. The molecular formula is C18H18F3N5O4. The summed E-state index contributed by atoms with van der Waals surface area (Å²) >= 11 is 0. The van der Waals surface area contributed by atoms with Gasteiger partial charge in [-0.05, 0) is 12.1 Å². The molecule has 0 aliphatic rings. The topological polar surface area (TPSA) is 129 Å². The number of aromatic nitrogens is 4. The number of rotatable bonds is 5. The van der Waals surface area contributed by atoms with Gasteiger partial charge in [0.25, 0.3) is 5.56 Å². The molecule has 30 heavy (non-hydrogen) atoms. The van der Waals surface area contributed by atoms with Gasteiger partial charge < -0.3 is 19.8 Å². The maximum absolute atomic E-state index is 12.1. The maximum atomic E-state index is 12.1. The minimum Gasteiger partial charge on any atom is -0.475 e. The number of carboxylic acid groups (broad SMARTS) is 1. The molecule has 0 aliphatic heterocycles. The first-order valence-electron chi connectivity index (χ1n) is 8.67. The maximum Gasteiger partial charge on any atom is 0.490 e. The second-order valence-corrected chi connectivity index (χ2v) is 5.97. The molecule has 160 valence electrons. The molecule has 1 amide bonds. The molecule has 0 aromatic carbocycles. The summed E-state index contributed by atoms with van der Waals surface area (Å²) in [6.45, 7) is 2.14. The summed E-state index contributed by atoms with van der Waals surface area (Å²) in [5.74, 6) is -2.29. The van der Waals surface area contributed by atoms with E-state index in [0.29, 0.717) is 17.9 Å². The van der Waals surface area contributed by atoms with Crippen LogP contribution >= 0.6 is 0 Å². The number of aryl methyl sites for hydroxylation is 1. The number of carbonyl (C=O) groups is 2. The number of H-pyrrole nitrogens is 1.